The van der Waals surface area contributed by atoms with Crippen LogP contribution in [0.2, 0.25) is 82.7 Å². The first-order chi connectivity index (χ1) is 19.1. The maximum atomic E-state index is 6.94. The summed E-state index contributed by atoms with van der Waals surface area (Å²) in [5.74, 6) is 0.522. The molecule has 0 amide bonds. The molecule has 0 aliphatic heterocycles. The monoisotopic (exact) mass is 716 g/mol. The first-order valence-electron chi connectivity index (χ1n) is 15.7. The minimum Gasteiger partial charge on any atom is -0.436 e. The molecule has 1 unspecified atom stereocenters. The number of nitrogens with zero attached hydrogens (tertiary/aromatic N) is 2. The van der Waals surface area contributed by atoms with Crippen LogP contribution in [0.25, 0.3) is 0 Å². The highest BCUT2D eigenvalue weighted by Crippen LogP contribution is 2.36. The molecule has 9 nitrogen and oxygen atoms in total. The van der Waals surface area contributed by atoms with E-state index in [9.17, 15) is 0 Å². The lowest BCUT2D eigenvalue weighted by atomic mass is 10.5. The van der Waals surface area contributed by atoms with E-state index in [1.165, 1.54) is 6.04 Å². The number of hydrogen-bond acceptors (Lipinski definition) is 9. The highest BCUT2D eigenvalue weighted by Gasteiger charge is 2.56. The van der Waals surface area contributed by atoms with Crippen molar-refractivity contribution in [1.82, 2.24) is 9.80 Å². The Morgan fingerprint density at radius 1 is 0.571 bits per heavy atom. The summed E-state index contributed by atoms with van der Waals surface area (Å²) in [4.78, 5) is 5.21. The molecule has 16 heteroatoms. The minimum absolute atomic E-state index is 0.0378. The molecule has 2 radical (unpaired) electrons. The molecular weight excluding hydrogens is 649 g/mol. The lowest BCUT2D eigenvalue weighted by Crippen LogP contribution is -2.62. The molecule has 0 aromatic rings. The van der Waals surface area contributed by atoms with Crippen LogP contribution in [0.4, 0.5) is 0 Å². The SMILES string of the molecule is CCN(CC)C([Si]CC[Si](C)(C)O[Si](C)(C)O[Si](C)(C)O[Si](C)(C)O[Si](C)(C)C(C)[Si](OC)(OC)OC)N(CC)CC. The molecule has 0 aliphatic carbocycles. The molecule has 0 saturated carbocycles. The van der Waals surface area contributed by atoms with E-state index in [0.717, 1.165) is 41.7 Å². The van der Waals surface area contributed by atoms with Gasteiger partial charge in [-0.2, -0.15) is 0 Å². The van der Waals surface area contributed by atoms with Crippen LogP contribution < -0.4 is 0 Å². The maximum absolute atomic E-state index is 6.94. The summed E-state index contributed by atoms with van der Waals surface area (Å²) < 4.78 is 44.9. The smallest absolute Gasteiger partial charge is 0.436 e. The second-order valence-corrected chi connectivity index (χ2v) is 38.5. The quantitative estimate of drug-likeness (QED) is 0.0875. The lowest BCUT2D eigenvalue weighted by molar-refractivity contribution is 0.115. The van der Waals surface area contributed by atoms with E-state index in [4.69, 9.17) is 29.7 Å². The highest BCUT2D eigenvalue weighted by molar-refractivity contribution is 6.94. The van der Waals surface area contributed by atoms with Gasteiger partial charge >= 0.3 is 34.5 Å². The molecule has 0 aromatic heterocycles. The summed E-state index contributed by atoms with van der Waals surface area (Å²) in [7, 11) is -8.80. The average Bonchev–Trinajstić information content (AvgIpc) is 2.83. The van der Waals surface area contributed by atoms with Crippen molar-refractivity contribution in [3.8, 4) is 0 Å². The fraction of sp³-hybridized carbons (Fsp3) is 1.00. The topological polar surface area (TPSA) is 71.1 Å². The normalized spacial score (nSPS) is 15.4. The zero-order chi connectivity index (χ0) is 33.2. The van der Waals surface area contributed by atoms with Gasteiger partial charge in [-0.25, -0.2) is 0 Å². The third kappa shape index (κ3) is 13.9. The minimum atomic E-state index is -2.85. The van der Waals surface area contributed by atoms with Gasteiger partial charge in [0.2, 0.25) is 0 Å². The fourth-order valence-corrected chi connectivity index (χ4v) is 39.7. The highest BCUT2D eigenvalue weighted by atomic mass is 28.5. The molecule has 1 atom stereocenters. The van der Waals surface area contributed by atoms with E-state index < -0.39 is 51.1 Å². The maximum Gasteiger partial charge on any atom is 0.502 e. The van der Waals surface area contributed by atoms with Crippen LogP contribution in [0.3, 0.4) is 0 Å². The first kappa shape index (κ1) is 43.2. The first-order valence-corrected chi connectivity index (χ1v) is 33.4. The lowest BCUT2D eigenvalue weighted by Gasteiger charge is -2.45. The van der Waals surface area contributed by atoms with Crippen molar-refractivity contribution in [1.29, 1.82) is 0 Å². The fourth-order valence-electron chi connectivity index (χ4n) is 6.02. The Hall–Kier alpha value is 1.16. The molecule has 0 saturated heterocycles. The van der Waals surface area contributed by atoms with Crippen LogP contribution in [0, 0.1) is 0 Å². The molecule has 0 fully saturated rings. The van der Waals surface area contributed by atoms with Crippen LogP contribution in [0.15, 0.2) is 0 Å². The Kier molecular flexibility index (Phi) is 18.4. The summed E-state index contributed by atoms with van der Waals surface area (Å²) in [5.41, 5.74) is 0. The molecule has 0 N–H and O–H groups in total. The standard InChI is InChI=1S/C26H68N2O7Si7/c1-19-27(20-2)26(28(21-3)22-4)36-23-24-37(9,10)32-39(13,14)34-41(17,18)35-40(15,16)33-38(11,12)25(5)42(29-6,30-7)31-8/h25-26H,19-24H2,1-18H3. The predicted octanol–water partition coefficient (Wildman–Crippen LogP) is 6.47. The number of rotatable bonds is 23. The third-order valence-electron chi connectivity index (χ3n) is 7.81. The van der Waals surface area contributed by atoms with Gasteiger partial charge in [0.25, 0.3) is 0 Å². The largest absolute Gasteiger partial charge is 0.502 e. The molecule has 0 heterocycles. The van der Waals surface area contributed by atoms with Crippen molar-refractivity contribution < 1.29 is 29.7 Å². The van der Waals surface area contributed by atoms with Crippen molar-refractivity contribution in [3.05, 3.63) is 0 Å². The Balaban J connectivity index is 5.43. The predicted molar refractivity (Wildman–Crippen MR) is 193 cm³/mol. The Morgan fingerprint density at radius 3 is 1.29 bits per heavy atom. The van der Waals surface area contributed by atoms with E-state index in [-0.39, 0.29) is 5.16 Å². The van der Waals surface area contributed by atoms with Crippen LogP contribution in [0.5, 0.6) is 0 Å². The van der Waals surface area contributed by atoms with Gasteiger partial charge in [-0.15, -0.1) is 0 Å². The van der Waals surface area contributed by atoms with Gasteiger partial charge in [0.15, 0.2) is 16.6 Å². The van der Waals surface area contributed by atoms with E-state index in [1.807, 2.05) is 0 Å². The van der Waals surface area contributed by atoms with E-state index in [2.05, 4.69) is 110 Å². The second kappa shape index (κ2) is 17.9. The summed E-state index contributed by atoms with van der Waals surface area (Å²) in [6, 6.07) is 2.33. The number of hydrogen-bond donors (Lipinski definition) is 0. The van der Waals surface area contributed by atoms with Gasteiger partial charge in [0, 0.05) is 32.3 Å². The van der Waals surface area contributed by atoms with E-state index in [0.29, 0.717) is 5.79 Å². The molecule has 42 heavy (non-hydrogen) atoms. The molecule has 252 valence electrons. The summed E-state index contributed by atoms with van der Waals surface area (Å²) >= 11 is 0. The van der Waals surface area contributed by atoms with E-state index >= 15 is 0 Å². The molecular formula is C26H68N2O7Si7. The Labute approximate surface area is 269 Å². The van der Waals surface area contributed by atoms with Crippen LogP contribution in [0.1, 0.15) is 34.6 Å². The van der Waals surface area contributed by atoms with Crippen molar-refractivity contribution in [2.45, 2.75) is 123 Å². The van der Waals surface area contributed by atoms with Gasteiger partial charge in [-0.1, -0.05) is 40.7 Å². The summed E-state index contributed by atoms with van der Waals surface area (Å²) in [5, 5.41) is 0.0378. The summed E-state index contributed by atoms with van der Waals surface area (Å²) in [6.45, 7) is 37.6. The van der Waals surface area contributed by atoms with Gasteiger partial charge in [-0.3, -0.25) is 9.80 Å². The zero-order valence-electron chi connectivity index (χ0n) is 30.6. The van der Waals surface area contributed by atoms with Gasteiger partial charge in [-0.05, 0) is 97.7 Å². The molecule has 0 rings (SSSR count). The average molecular weight is 717 g/mol. The molecule has 0 aliphatic rings. The molecule has 0 aromatic carbocycles. The Bertz CT molecular complexity index is 747. The van der Waals surface area contributed by atoms with Crippen molar-refractivity contribution in [2.75, 3.05) is 47.5 Å². The van der Waals surface area contributed by atoms with Crippen LogP contribution >= 0.6 is 0 Å². The van der Waals surface area contributed by atoms with E-state index in [1.54, 1.807) is 21.3 Å². The molecule has 0 bridgehead atoms. The van der Waals surface area contributed by atoms with Gasteiger partial charge in [0.05, 0.1) is 9.52 Å². The van der Waals surface area contributed by atoms with Crippen LogP contribution in [-0.4, -0.2) is 124 Å². The third-order valence-corrected chi connectivity index (χ3v) is 35.5. The Morgan fingerprint density at radius 2 is 0.929 bits per heavy atom. The van der Waals surface area contributed by atoms with Crippen LogP contribution in [-0.2, 0) is 29.7 Å². The second-order valence-electron chi connectivity index (χ2n) is 13.4. The van der Waals surface area contributed by atoms with Gasteiger partial charge < -0.3 is 29.7 Å². The summed E-state index contributed by atoms with van der Waals surface area (Å²) in [6.07, 6.45) is 0. The van der Waals surface area contributed by atoms with Crippen molar-refractivity contribution in [3.63, 3.8) is 0 Å². The molecule has 0 spiro atoms. The van der Waals surface area contributed by atoms with Crippen molar-refractivity contribution in [2.24, 2.45) is 0 Å². The van der Waals surface area contributed by atoms with Crippen molar-refractivity contribution >= 4 is 60.6 Å². The zero-order valence-corrected chi connectivity index (χ0v) is 37.6. The van der Waals surface area contributed by atoms with Gasteiger partial charge in [0.1, 0.15) is 0 Å².